The maximum absolute atomic E-state index is 10.6. The molecule has 1 N–H and O–H groups in total. The molecule has 0 saturated carbocycles. The molecule has 1 aromatic heterocycles. The third-order valence-electron chi connectivity index (χ3n) is 3.34. The number of hydrogen-bond donors (Lipinski definition) is 1. The smallest absolute Gasteiger partial charge is 0.123 e. The molecule has 2 aromatic carbocycles. The van der Waals surface area contributed by atoms with Crippen LogP contribution >= 0.6 is 22.9 Å². The Kier molecular flexibility index (Phi) is 3.50. The van der Waals surface area contributed by atoms with Gasteiger partial charge in [-0.2, -0.15) is 0 Å². The van der Waals surface area contributed by atoms with E-state index < -0.39 is 11.0 Å². The number of aliphatic hydroxyl groups excluding tert-OH is 1. The van der Waals surface area contributed by atoms with Crippen LogP contribution in [-0.2, 0) is 4.87 Å². The van der Waals surface area contributed by atoms with Crippen LogP contribution in [0.1, 0.15) is 23.6 Å². The van der Waals surface area contributed by atoms with Gasteiger partial charge in [-0.1, -0.05) is 42.5 Å². The molecule has 1 heterocycles. The monoisotopic (exact) mass is 303 g/mol. The van der Waals surface area contributed by atoms with E-state index in [4.69, 9.17) is 11.6 Å². The van der Waals surface area contributed by atoms with Crippen molar-refractivity contribution in [1.82, 2.24) is 4.98 Å². The Morgan fingerprint density at radius 2 is 1.75 bits per heavy atom. The summed E-state index contributed by atoms with van der Waals surface area (Å²) < 4.78 is 1.08. The average molecular weight is 304 g/mol. The lowest BCUT2D eigenvalue weighted by molar-refractivity contribution is 0.132. The lowest BCUT2D eigenvalue weighted by atomic mass is 9.97. The summed E-state index contributed by atoms with van der Waals surface area (Å²) in [6.45, 7) is 1.81. The standard InChI is InChI=1S/C16H14ClNOS/c1-16(17,14(19)11-7-3-2-4-8-11)15-18-12-9-5-6-10-13(12)20-15/h2-10,14,19H,1H3/t14-,16+/m1/s1. The molecule has 0 radical (unpaired) electrons. The predicted molar refractivity (Wildman–Crippen MR) is 84.2 cm³/mol. The zero-order chi connectivity index (χ0) is 14.2. The molecule has 0 saturated heterocycles. The highest BCUT2D eigenvalue weighted by atomic mass is 35.5. The van der Waals surface area contributed by atoms with E-state index >= 15 is 0 Å². The maximum atomic E-state index is 10.6. The van der Waals surface area contributed by atoms with Crippen molar-refractivity contribution >= 4 is 33.2 Å². The van der Waals surface area contributed by atoms with Gasteiger partial charge in [-0.15, -0.1) is 22.9 Å². The Balaban J connectivity index is 2.02. The summed E-state index contributed by atoms with van der Waals surface area (Å²) >= 11 is 8.14. The summed E-state index contributed by atoms with van der Waals surface area (Å²) in [5.41, 5.74) is 1.71. The second kappa shape index (κ2) is 5.17. The first-order valence-corrected chi connectivity index (χ1v) is 7.56. The van der Waals surface area contributed by atoms with Crippen LogP contribution in [-0.4, -0.2) is 10.1 Å². The first-order valence-electron chi connectivity index (χ1n) is 6.37. The minimum absolute atomic E-state index is 0.733. The van der Waals surface area contributed by atoms with E-state index in [0.29, 0.717) is 0 Å². The Labute approximate surface area is 126 Å². The van der Waals surface area contributed by atoms with Crippen molar-refractivity contribution in [2.24, 2.45) is 0 Å². The summed E-state index contributed by atoms with van der Waals surface area (Å²) in [7, 11) is 0. The molecule has 3 rings (SSSR count). The first kappa shape index (κ1) is 13.6. The molecule has 0 spiro atoms. The number of rotatable bonds is 3. The van der Waals surface area contributed by atoms with Crippen molar-refractivity contribution < 1.29 is 5.11 Å². The van der Waals surface area contributed by atoms with Crippen LogP contribution in [0.5, 0.6) is 0 Å². The van der Waals surface area contributed by atoms with Gasteiger partial charge in [-0.05, 0) is 24.6 Å². The molecule has 0 unspecified atom stereocenters. The molecule has 3 aromatic rings. The number of fused-ring (bicyclic) bond motifs is 1. The summed E-state index contributed by atoms with van der Waals surface area (Å²) in [5.74, 6) is 0. The Morgan fingerprint density at radius 3 is 2.45 bits per heavy atom. The molecular weight excluding hydrogens is 290 g/mol. The minimum atomic E-state index is -0.939. The fraction of sp³-hybridized carbons (Fsp3) is 0.188. The number of nitrogens with zero attached hydrogens (tertiary/aromatic N) is 1. The Hall–Kier alpha value is -1.42. The average Bonchev–Trinajstić information content (AvgIpc) is 2.92. The van der Waals surface area contributed by atoms with Gasteiger partial charge in [-0.25, -0.2) is 4.98 Å². The van der Waals surface area contributed by atoms with Crippen molar-refractivity contribution in [3.05, 3.63) is 65.2 Å². The fourth-order valence-corrected chi connectivity index (χ4v) is 3.46. The number of halogens is 1. The molecule has 20 heavy (non-hydrogen) atoms. The Morgan fingerprint density at radius 1 is 1.10 bits per heavy atom. The summed E-state index contributed by atoms with van der Waals surface area (Å²) in [4.78, 5) is 3.62. The second-order valence-electron chi connectivity index (χ2n) is 4.88. The minimum Gasteiger partial charge on any atom is -0.386 e. The lowest BCUT2D eigenvalue weighted by Gasteiger charge is -2.26. The summed E-state index contributed by atoms with van der Waals surface area (Å²) in [5, 5.41) is 11.3. The van der Waals surface area contributed by atoms with Crippen LogP contribution in [0.15, 0.2) is 54.6 Å². The van der Waals surface area contributed by atoms with E-state index in [0.717, 1.165) is 20.8 Å². The maximum Gasteiger partial charge on any atom is 0.123 e. The molecule has 0 aliphatic rings. The van der Waals surface area contributed by atoms with Gasteiger partial charge in [0.25, 0.3) is 0 Å². The van der Waals surface area contributed by atoms with Crippen LogP contribution in [0.2, 0.25) is 0 Å². The van der Waals surface area contributed by atoms with Crippen LogP contribution in [0.25, 0.3) is 10.2 Å². The van der Waals surface area contributed by atoms with Crippen molar-refractivity contribution in [1.29, 1.82) is 0 Å². The normalized spacial score (nSPS) is 15.9. The lowest BCUT2D eigenvalue weighted by Crippen LogP contribution is -2.23. The van der Waals surface area contributed by atoms with Crippen molar-refractivity contribution in [2.45, 2.75) is 17.9 Å². The van der Waals surface area contributed by atoms with Crippen LogP contribution < -0.4 is 0 Å². The number of aromatic nitrogens is 1. The second-order valence-corrected chi connectivity index (χ2v) is 6.69. The van der Waals surface area contributed by atoms with Crippen molar-refractivity contribution in [3.8, 4) is 0 Å². The van der Waals surface area contributed by atoms with E-state index in [1.165, 1.54) is 11.3 Å². The number of para-hydroxylation sites is 1. The van der Waals surface area contributed by atoms with E-state index in [-0.39, 0.29) is 0 Å². The van der Waals surface area contributed by atoms with E-state index in [1.807, 2.05) is 61.5 Å². The van der Waals surface area contributed by atoms with Gasteiger partial charge in [0.05, 0.1) is 10.2 Å². The predicted octanol–water partition coefficient (Wildman–Crippen LogP) is 4.48. The fourth-order valence-electron chi connectivity index (χ4n) is 2.15. The number of aliphatic hydroxyl groups is 1. The van der Waals surface area contributed by atoms with Gasteiger partial charge in [0.15, 0.2) is 0 Å². The van der Waals surface area contributed by atoms with E-state index in [9.17, 15) is 5.11 Å². The topological polar surface area (TPSA) is 33.1 Å². The summed E-state index contributed by atoms with van der Waals surface area (Å²) in [6.07, 6.45) is -0.800. The van der Waals surface area contributed by atoms with Crippen LogP contribution in [0, 0.1) is 0 Å². The molecule has 2 nitrogen and oxygen atoms in total. The Bertz CT molecular complexity index is 690. The highest BCUT2D eigenvalue weighted by Gasteiger charge is 2.36. The third kappa shape index (κ3) is 2.33. The molecule has 0 aliphatic carbocycles. The van der Waals surface area contributed by atoms with Crippen molar-refractivity contribution in [2.75, 3.05) is 0 Å². The van der Waals surface area contributed by atoms with Gasteiger partial charge < -0.3 is 5.11 Å². The van der Waals surface area contributed by atoms with Gasteiger partial charge in [-0.3, -0.25) is 0 Å². The van der Waals surface area contributed by atoms with E-state index in [1.54, 1.807) is 0 Å². The third-order valence-corrected chi connectivity index (χ3v) is 5.11. The van der Waals surface area contributed by atoms with Gasteiger partial charge in [0.2, 0.25) is 0 Å². The van der Waals surface area contributed by atoms with Gasteiger partial charge in [0.1, 0.15) is 16.0 Å². The van der Waals surface area contributed by atoms with Crippen molar-refractivity contribution in [3.63, 3.8) is 0 Å². The molecular formula is C16H14ClNOS. The molecule has 0 amide bonds. The number of alkyl halides is 1. The van der Waals surface area contributed by atoms with Crippen LogP contribution in [0.4, 0.5) is 0 Å². The largest absolute Gasteiger partial charge is 0.386 e. The van der Waals surface area contributed by atoms with E-state index in [2.05, 4.69) is 4.98 Å². The zero-order valence-corrected chi connectivity index (χ0v) is 12.5. The highest BCUT2D eigenvalue weighted by molar-refractivity contribution is 7.18. The summed E-state index contributed by atoms with van der Waals surface area (Å²) in [6, 6.07) is 17.3. The number of thiazole rings is 1. The van der Waals surface area contributed by atoms with Gasteiger partial charge >= 0.3 is 0 Å². The molecule has 102 valence electrons. The molecule has 0 aliphatic heterocycles. The quantitative estimate of drug-likeness (QED) is 0.723. The molecule has 0 fully saturated rings. The molecule has 0 bridgehead atoms. The highest BCUT2D eigenvalue weighted by Crippen LogP contribution is 2.43. The zero-order valence-electron chi connectivity index (χ0n) is 11.0. The number of hydrogen-bond acceptors (Lipinski definition) is 3. The SMILES string of the molecule is C[C@@](Cl)(c1nc2ccccc2s1)[C@H](O)c1ccccc1. The molecule has 2 atom stereocenters. The molecule has 4 heteroatoms. The van der Waals surface area contributed by atoms with Gasteiger partial charge in [0, 0.05) is 0 Å². The van der Waals surface area contributed by atoms with Crippen LogP contribution in [0.3, 0.4) is 0 Å². The first-order chi connectivity index (χ1) is 9.59. The number of benzene rings is 2.